The molecule has 2 rings (SSSR count). The van der Waals surface area contributed by atoms with Gasteiger partial charge < -0.3 is 14.2 Å². The van der Waals surface area contributed by atoms with Gasteiger partial charge in [-0.2, -0.15) is 13.2 Å². The average molecular weight is 468 g/mol. The minimum Gasteiger partial charge on any atom is -0.462 e. The Hall–Kier alpha value is -3.10. The van der Waals surface area contributed by atoms with Crippen LogP contribution in [-0.4, -0.2) is 43.4 Å². The van der Waals surface area contributed by atoms with Gasteiger partial charge in [0.25, 0.3) is 0 Å². The van der Waals surface area contributed by atoms with Gasteiger partial charge in [-0.1, -0.05) is 30.8 Å². The molecular weight excluding hydrogens is 441 g/mol. The largest absolute Gasteiger partial charge is 0.462 e. The predicted molar refractivity (Wildman–Crippen MR) is 114 cm³/mol. The van der Waals surface area contributed by atoms with Crippen molar-refractivity contribution in [1.29, 1.82) is 0 Å². The van der Waals surface area contributed by atoms with Crippen molar-refractivity contribution in [1.82, 2.24) is 0 Å². The highest BCUT2D eigenvalue weighted by Crippen LogP contribution is 2.34. The van der Waals surface area contributed by atoms with E-state index in [9.17, 15) is 27.6 Å². The van der Waals surface area contributed by atoms with Crippen LogP contribution in [0.3, 0.4) is 0 Å². The van der Waals surface area contributed by atoms with E-state index in [4.69, 9.17) is 14.2 Å². The zero-order valence-corrected chi connectivity index (χ0v) is 18.4. The minimum atomic E-state index is -4.55. The Bertz CT molecular complexity index is 865. The molecule has 0 heterocycles. The first-order valence-corrected chi connectivity index (χ1v) is 10.6. The highest BCUT2D eigenvalue weighted by atomic mass is 19.4. The normalized spacial score (nSPS) is 18.5. The van der Waals surface area contributed by atoms with Gasteiger partial charge in [0.2, 0.25) is 0 Å². The van der Waals surface area contributed by atoms with Crippen LogP contribution in [0.4, 0.5) is 13.2 Å². The molecule has 0 aliphatic heterocycles. The fourth-order valence-corrected chi connectivity index (χ4v) is 3.40. The van der Waals surface area contributed by atoms with Crippen molar-refractivity contribution in [2.24, 2.45) is 0 Å². The van der Waals surface area contributed by atoms with Gasteiger partial charge in [0, 0.05) is 11.6 Å². The van der Waals surface area contributed by atoms with E-state index in [1.165, 1.54) is 13.0 Å². The molecule has 1 aromatic carbocycles. The van der Waals surface area contributed by atoms with Gasteiger partial charge in [-0.3, -0.25) is 4.79 Å². The van der Waals surface area contributed by atoms with Crippen molar-refractivity contribution >= 4 is 24.0 Å². The smallest absolute Gasteiger partial charge is 0.399 e. The summed E-state index contributed by atoms with van der Waals surface area (Å²) in [4.78, 5) is 34.3. The van der Waals surface area contributed by atoms with E-state index in [2.05, 4.69) is 6.58 Å². The van der Waals surface area contributed by atoms with Crippen LogP contribution in [0.15, 0.2) is 42.5 Å². The third-order valence-electron chi connectivity index (χ3n) is 5.05. The van der Waals surface area contributed by atoms with E-state index in [1.807, 2.05) is 24.3 Å². The maximum Gasteiger partial charge on any atom is 0.399 e. The molecular formula is C24H27F3O6. The van der Waals surface area contributed by atoms with Gasteiger partial charge in [-0.25, -0.2) is 9.59 Å². The summed E-state index contributed by atoms with van der Waals surface area (Å²) in [5, 5.41) is 0. The second-order valence-corrected chi connectivity index (χ2v) is 7.84. The first-order chi connectivity index (χ1) is 15.5. The Morgan fingerprint density at radius 3 is 2.21 bits per heavy atom. The maximum atomic E-state index is 12.2. The van der Waals surface area contributed by atoms with Crippen molar-refractivity contribution in [2.45, 2.75) is 57.2 Å². The number of carbonyl (C=O) groups is 3. The van der Waals surface area contributed by atoms with Crippen LogP contribution < -0.4 is 0 Å². The monoisotopic (exact) mass is 468 g/mol. The van der Waals surface area contributed by atoms with Gasteiger partial charge in [0.05, 0.1) is 0 Å². The molecule has 0 atom stereocenters. The van der Waals surface area contributed by atoms with E-state index in [0.717, 1.165) is 11.1 Å². The topological polar surface area (TPSA) is 78.9 Å². The number of rotatable bonds is 9. The second-order valence-electron chi connectivity index (χ2n) is 7.84. The van der Waals surface area contributed by atoms with E-state index in [1.54, 1.807) is 6.08 Å². The third kappa shape index (κ3) is 9.93. The Morgan fingerprint density at radius 2 is 1.64 bits per heavy atom. The SMILES string of the molecule is C=C(C)C(=O)OCCOC(=O)/C=C/c1ccc(C2CCC(OC(=O)CC(F)(F)F)CC2)cc1. The number of carbonyl (C=O) groups excluding carboxylic acids is 3. The molecule has 180 valence electrons. The summed E-state index contributed by atoms with van der Waals surface area (Å²) in [6.45, 7) is 4.85. The molecule has 0 radical (unpaired) electrons. The Labute approximate surface area is 190 Å². The molecule has 33 heavy (non-hydrogen) atoms. The van der Waals surface area contributed by atoms with Crippen LogP contribution >= 0.6 is 0 Å². The van der Waals surface area contributed by atoms with Crippen LogP contribution in [0.1, 0.15) is 56.1 Å². The van der Waals surface area contributed by atoms with E-state index >= 15 is 0 Å². The molecule has 0 N–H and O–H groups in total. The summed E-state index contributed by atoms with van der Waals surface area (Å²) in [5.41, 5.74) is 2.13. The van der Waals surface area contributed by atoms with Crippen molar-refractivity contribution in [3.8, 4) is 0 Å². The molecule has 6 nitrogen and oxygen atoms in total. The summed E-state index contributed by atoms with van der Waals surface area (Å²) in [6, 6.07) is 7.57. The molecule has 9 heteroatoms. The summed E-state index contributed by atoms with van der Waals surface area (Å²) >= 11 is 0. The van der Waals surface area contributed by atoms with E-state index < -0.39 is 36.6 Å². The molecule has 0 spiro atoms. The molecule has 0 bridgehead atoms. The second kappa shape index (κ2) is 12.2. The Balaban J connectivity index is 1.73. The lowest BCUT2D eigenvalue weighted by atomic mass is 9.82. The lowest BCUT2D eigenvalue weighted by Gasteiger charge is -2.28. The lowest BCUT2D eigenvalue weighted by Crippen LogP contribution is -2.26. The lowest BCUT2D eigenvalue weighted by molar-refractivity contribution is -0.176. The summed E-state index contributed by atoms with van der Waals surface area (Å²) in [5.74, 6) is -2.11. The number of ether oxygens (including phenoxy) is 3. The predicted octanol–water partition coefficient (Wildman–Crippen LogP) is 4.88. The Kier molecular flexibility index (Phi) is 9.69. The first kappa shape index (κ1) is 26.2. The molecule has 1 aromatic rings. The van der Waals surface area contributed by atoms with E-state index in [-0.39, 0.29) is 24.7 Å². The molecule has 0 unspecified atom stereocenters. The average Bonchev–Trinajstić information content (AvgIpc) is 2.74. The van der Waals surface area contributed by atoms with Crippen molar-refractivity contribution in [3.63, 3.8) is 0 Å². The number of hydrogen-bond acceptors (Lipinski definition) is 6. The molecule has 1 aliphatic carbocycles. The maximum absolute atomic E-state index is 12.2. The molecule has 0 amide bonds. The highest BCUT2D eigenvalue weighted by Gasteiger charge is 2.34. The van der Waals surface area contributed by atoms with Gasteiger partial charge in [0.15, 0.2) is 0 Å². The first-order valence-electron chi connectivity index (χ1n) is 10.6. The number of alkyl halides is 3. The summed E-state index contributed by atoms with van der Waals surface area (Å²) < 4.78 is 51.4. The zero-order chi connectivity index (χ0) is 24.4. The number of halogens is 3. The number of esters is 3. The van der Waals surface area contributed by atoms with Gasteiger partial charge in [0.1, 0.15) is 25.7 Å². The fourth-order valence-electron chi connectivity index (χ4n) is 3.40. The highest BCUT2D eigenvalue weighted by molar-refractivity contribution is 5.87. The number of hydrogen-bond donors (Lipinski definition) is 0. The zero-order valence-electron chi connectivity index (χ0n) is 18.4. The molecule has 1 aliphatic rings. The minimum absolute atomic E-state index is 0.0518. The van der Waals surface area contributed by atoms with E-state index in [0.29, 0.717) is 25.7 Å². The van der Waals surface area contributed by atoms with Crippen LogP contribution in [0.2, 0.25) is 0 Å². The molecule has 1 saturated carbocycles. The molecule has 0 saturated heterocycles. The van der Waals surface area contributed by atoms with Gasteiger partial charge >= 0.3 is 24.1 Å². The van der Waals surface area contributed by atoms with Crippen LogP contribution in [0, 0.1) is 0 Å². The fraction of sp³-hybridized carbons (Fsp3) is 0.458. The third-order valence-corrected chi connectivity index (χ3v) is 5.05. The quantitative estimate of drug-likeness (QED) is 0.222. The summed E-state index contributed by atoms with van der Waals surface area (Å²) in [7, 11) is 0. The van der Waals surface area contributed by atoms with Gasteiger partial charge in [-0.15, -0.1) is 0 Å². The van der Waals surface area contributed by atoms with Crippen LogP contribution in [0.5, 0.6) is 0 Å². The molecule has 1 fully saturated rings. The summed E-state index contributed by atoms with van der Waals surface area (Å²) in [6.07, 6.45) is -1.26. The van der Waals surface area contributed by atoms with Crippen molar-refractivity contribution in [3.05, 3.63) is 53.6 Å². The Morgan fingerprint density at radius 1 is 1.03 bits per heavy atom. The standard InChI is InChI=1S/C24H27F3O6/c1-16(2)23(30)32-14-13-31-21(28)12-5-17-3-6-18(7-4-17)19-8-10-20(11-9-19)33-22(29)15-24(25,26)27/h3-7,12,19-20H,1,8-11,13-15H2,2H3/b12-5+. The van der Waals surface area contributed by atoms with Crippen LogP contribution in [-0.2, 0) is 28.6 Å². The number of benzene rings is 1. The van der Waals surface area contributed by atoms with Crippen molar-refractivity contribution < 1.29 is 41.8 Å². The van der Waals surface area contributed by atoms with Gasteiger partial charge in [-0.05, 0) is 55.7 Å². The van der Waals surface area contributed by atoms with Crippen LogP contribution in [0.25, 0.3) is 6.08 Å². The van der Waals surface area contributed by atoms with Crippen molar-refractivity contribution in [2.75, 3.05) is 13.2 Å². The molecule has 0 aromatic heterocycles.